The second kappa shape index (κ2) is 8.63. The Morgan fingerprint density at radius 2 is 1.89 bits per heavy atom. The molecule has 27 heavy (non-hydrogen) atoms. The molecule has 0 bridgehead atoms. The van der Waals surface area contributed by atoms with Crippen LogP contribution >= 0.6 is 22.9 Å². The van der Waals surface area contributed by atoms with Gasteiger partial charge in [-0.25, -0.2) is 4.79 Å². The fraction of sp³-hybridized carbons (Fsp3) is 0.368. The van der Waals surface area contributed by atoms with Crippen LogP contribution in [0.4, 0.5) is 16.2 Å². The number of halogens is 1. The maximum Gasteiger partial charge on any atom is 0.412 e. The highest BCUT2D eigenvalue weighted by molar-refractivity contribution is 7.17. The summed E-state index contributed by atoms with van der Waals surface area (Å²) in [6, 6.07) is 8.97. The van der Waals surface area contributed by atoms with Crippen LogP contribution in [0.1, 0.15) is 36.0 Å². The summed E-state index contributed by atoms with van der Waals surface area (Å²) < 4.78 is 5.92. The van der Waals surface area contributed by atoms with Gasteiger partial charge in [-0.2, -0.15) is 0 Å². The van der Waals surface area contributed by atoms with E-state index < -0.39 is 11.7 Å². The summed E-state index contributed by atoms with van der Waals surface area (Å²) in [6.45, 7) is 5.66. The highest BCUT2D eigenvalue weighted by Crippen LogP contribution is 2.29. The van der Waals surface area contributed by atoms with E-state index in [2.05, 4.69) is 10.6 Å². The van der Waals surface area contributed by atoms with E-state index in [9.17, 15) is 9.59 Å². The number of hydrogen-bond acceptors (Lipinski definition) is 5. The van der Waals surface area contributed by atoms with Gasteiger partial charge in [0.2, 0.25) is 0 Å². The third-order valence-electron chi connectivity index (χ3n) is 3.47. The lowest BCUT2D eigenvalue weighted by Gasteiger charge is -2.24. The van der Waals surface area contributed by atoms with Gasteiger partial charge in [0.1, 0.15) is 5.60 Å². The van der Waals surface area contributed by atoms with Crippen LogP contribution in [0, 0.1) is 0 Å². The normalized spacial score (nSPS) is 11.0. The number of hydrogen-bond donors (Lipinski definition) is 2. The van der Waals surface area contributed by atoms with E-state index in [0.717, 1.165) is 11.3 Å². The van der Waals surface area contributed by atoms with Crippen LogP contribution in [0.3, 0.4) is 0 Å². The van der Waals surface area contributed by atoms with Crippen molar-refractivity contribution in [3.05, 3.63) is 45.1 Å². The second-order valence-electron chi connectivity index (χ2n) is 7.12. The molecule has 8 heteroatoms. The Morgan fingerprint density at radius 1 is 1.19 bits per heavy atom. The summed E-state index contributed by atoms with van der Waals surface area (Å²) in [6.07, 6.45) is -0.547. The Hall–Kier alpha value is -2.25. The van der Waals surface area contributed by atoms with Crippen LogP contribution in [0.2, 0.25) is 4.34 Å². The van der Waals surface area contributed by atoms with Crippen molar-refractivity contribution < 1.29 is 14.3 Å². The van der Waals surface area contributed by atoms with Gasteiger partial charge < -0.3 is 15.0 Å². The molecule has 0 aliphatic heterocycles. The van der Waals surface area contributed by atoms with Crippen molar-refractivity contribution in [1.82, 2.24) is 5.32 Å². The summed E-state index contributed by atoms with van der Waals surface area (Å²) in [5.41, 5.74) is 1.57. The molecule has 0 unspecified atom stereocenters. The van der Waals surface area contributed by atoms with Crippen molar-refractivity contribution >= 4 is 46.3 Å². The number of para-hydroxylation sites is 1. The first-order chi connectivity index (χ1) is 12.6. The van der Waals surface area contributed by atoms with Crippen molar-refractivity contribution in [3.63, 3.8) is 0 Å². The van der Waals surface area contributed by atoms with Gasteiger partial charge in [-0.05, 0) is 44.5 Å². The third kappa shape index (κ3) is 6.15. The SMILES string of the molecule is CN(C)c1cccc(CNC(=O)c2ccc(Cl)s2)c1NC(=O)OC(C)(C)C. The monoisotopic (exact) mass is 409 g/mol. The second-order valence-corrected chi connectivity index (χ2v) is 8.83. The first-order valence-electron chi connectivity index (χ1n) is 8.39. The van der Waals surface area contributed by atoms with E-state index in [4.69, 9.17) is 16.3 Å². The van der Waals surface area contributed by atoms with E-state index in [0.29, 0.717) is 14.9 Å². The van der Waals surface area contributed by atoms with Gasteiger partial charge in [0.15, 0.2) is 0 Å². The topological polar surface area (TPSA) is 70.7 Å². The average molecular weight is 410 g/mol. The fourth-order valence-electron chi connectivity index (χ4n) is 2.36. The quantitative estimate of drug-likeness (QED) is 0.747. The number of benzene rings is 1. The zero-order chi connectivity index (χ0) is 20.2. The van der Waals surface area contributed by atoms with E-state index in [1.54, 1.807) is 32.9 Å². The van der Waals surface area contributed by atoms with Gasteiger partial charge in [-0.1, -0.05) is 23.7 Å². The zero-order valence-electron chi connectivity index (χ0n) is 16.1. The molecule has 2 N–H and O–H groups in total. The van der Waals surface area contributed by atoms with Gasteiger partial charge >= 0.3 is 6.09 Å². The number of carbonyl (C=O) groups excluding carboxylic acids is 2. The third-order valence-corrected chi connectivity index (χ3v) is 4.70. The number of nitrogens with zero attached hydrogens (tertiary/aromatic N) is 1. The van der Waals surface area contributed by atoms with Gasteiger partial charge in [-0.15, -0.1) is 11.3 Å². The number of anilines is 2. The summed E-state index contributed by atoms with van der Waals surface area (Å²) in [7, 11) is 3.76. The lowest BCUT2D eigenvalue weighted by Crippen LogP contribution is -2.29. The van der Waals surface area contributed by atoms with E-state index in [-0.39, 0.29) is 12.5 Å². The Balaban J connectivity index is 2.20. The van der Waals surface area contributed by atoms with Crippen molar-refractivity contribution in [1.29, 1.82) is 0 Å². The molecule has 2 rings (SSSR count). The van der Waals surface area contributed by atoms with Crippen LogP contribution in [0.25, 0.3) is 0 Å². The van der Waals surface area contributed by atoms with Crippen molar-refractivity contribution in [3.8, 4) is 0 Å². The smallest absolute Gasteiger partial charge is 0.412 e. The molecule has 6 nitrogen and oxygen atoms in total. The highest BCUT2D eigenvalue weighted by Gasteiger charge is 2.20. The average Bonchev–Trinajstić information content (AvgIpc) is 2.98. The Kier molecular flexibility index (Phi) is 6.73. The summed E-state index contributed by atoms with van der Waals surface area (Å²) in [5, 5.41) is 5.67. The molecule has 0 aliphatic rings. The van der Waals surface area contributed by atoms with Crippen LogP contribution < -0.4 is 15.5 Å². The lowest BCUT2D eigenvalue weighted by atomic mass is 10.1. The van der Waals surface area contributed by atoms with Gasteiger partial charge in [-0.3, -0.25) is 10.1 Å². The molecule has 1 heterocycles. The summed E-state index contributed by atoms with van der Waals surface area (Å²) in [5.74, 6) is -0.217. The first kappa shape index (κ1) is 21.1. The number of carbonyl (C=O) groups is 2. The van der Waals surface area contributed by atoms with E-state index in [1.807, 2.05) is 37.2 Å². The highest BCUT2D eigenvalue weighted by atomic mass is 35.5. The predicted octanol–water partition coefficient (Wildman–Crippen LogP) is 4.74. The maximum absolute atomic E-state index is 12.3. The lowest BCUT2D eigenvalue weighted by molar-refractivity contribution is 0.0635. The number of nitrogens with one attached hydrogen (secondary N) is 2. The molecular weight excluding hydrogens is 386 g/mol. The Morgan fingerprint density at radius 3 is 2.44 bits per heavy atom. The van der Waals surface area contributed by atoms with Gasteiger partial charge in [0.05, 0.1) is 20.6 Å². The number of rotatable bonds is 5. The first-order valence-corrected chi connectivity index (χ1v) is 9.59. The van der Waals surface area contributed by atoms with Gasteiger partial charge in [0.25, 0.3) is 5.91 Å². The van der Waals surface area contributed by atoms with Crippen LogP contribution in [-0.2, 0) is 11.3 Å². The molecule has 2 amide bonds. The zero-order valence-corrected chi connectivity index (χ0v) is 17.6. The minimum absolute atomic E-state index is 0.217. The van der Waals surface area contributed by atoms with E-state index in [1.165, 1.54) is 11.3 Å². The van der Waals surface area contributed by atoms with Crippen molar-refractivity contribution in [2.45, 2.75) is 32.9 Å². The van der Waals surface area contributed by atoms with Crippen LogP contribution in [0.15, 0.2) is 30.3 Å². The van der Waals surface area contributed by atoms with E-state index >= 15 is 0 Å². The molecule has 1 aromatic heterocycles. The standard InChI is InChI=1S/C19H24ClN3O3S/c1-19(2,3)26-18(25)22-16-12(7-6-8-13(16)23(4)5)11-21-17(24)14-9-10-15(20)27-14/h6-10H,11H2,1-5H3,(H,21,24)(H,22,25). The summed E-state index contributed by atoms with van der Waals surface area (Å²) in [4.78, 5) is 27.0. The van der Waals surface area contributed by atoms with Crippen LogP contribution in [-0.4, -0.2) is 31.7 Å². The van der Waals surface area contributed by atoms with Crippen molar-refractivity contribution in [2.24, 2.45) is 0 Å². The fourth-order valence-corrected chi connectivity index (χ4v) is 3.31. The molecule has 0 saturated carbocycles. The molecule has 0 saturated heterocycles. The Bertz CT molecular complexity index is 828. The molecule has 2 aromatic rings. The molecule has 0 aliphatic carbocycles. The largest absolute Gasteiger partial charge is 0.444 e. The number of ether oxygens (including phenoxy) is 1. The van der Waals surface area contributed by atoms with Crippen LogP contribution in [0.5, 0.6) is 0 Å². The molecule has 0 radical (unpaired) electrons. The molecular formula is C19H24ClN3O3S. The molecule has 1 aromatic carbocycles. The minimum Gasteiger partial charge on any atom is -0.444 e. The predicted molar refractivity (Wildman–Crippen MR) is 111 cm³/mol. The number of thiophene rings is 1. The number of amides is 2. The molecule has 146 valence electrons. The summed E-state index contributed by atoms with van der Waals surface area (Å²) >= 11 is 7.10. The minimum atomic E-state index is -0.607. The molecule has 0 spiro atoms. The molecule has 0 atom stereocenters. The Labute approximate surface area is 168 Å². The molecule has 0 fully saturated rings. The van der Waals surface area contributed by atoms with Crippen molar-refractivity contribution in [2.75, 3.05) is 24.3 Å². The van der Waals surface area contributed by atoms with Gasteiger partial charge in [0, 0.05) is 20.6 Å². The maximum atomic E-state index is 12.3.